The van der Waals surface area contributed by atoms with Crippen molar-refractivity contribution in [2.24, 2.45) is 0 Å². The summed E-state index contributed by atoms with van der Waals surface area (Å²) in [6, 6.07) is 8.25. The van der Waals surface area contributed by atoms with Gasteiger partial charge in [0.2, 0.25) is 5.91 Å². The lowest BCUT2D eigenvalue weighted by Crippen LogP contribution is -2.23. The summed E-state index contributed by atoms with van der Waals surface area (Å²) in [6.07, 6.45) is 1.58. The first-order chi connectivity index (χ1) is 11.2. The molecule has 6 heteroatoms. The number of benzene rings is 1. The lowest BCUT2D eigenvalue weighted by Gasteiger charge is -2.16. The molecular formula is C17H21N3O2S. The topological polar surface area (TPSA) is 54.5 Å². The van der Waals surface area contributed by atoms with Gasteiger partial charge in [-0.15, -0.1) is 11.3 Å². The van der Waals surface area contributed by atoms with Crippen molar-refractivity contribution in [2.75, 3.05) is 30.5 Å². The molecule has 0 aliphatic carbocycles. The van der Waals surface area contributed by atoms with Gasteiger partial charge in [-0.3, -0.25) is 4.79 Å². The molecule has 3 rings (SSSR count). The number of ether oxygens (including phenoxy) is 1. The van der Waals surface area contributed by atoms with E-state index in [0.717, 1.165) is 35.0 Å². The fourth-order valence-corrected chi connectivity index (χ4v) is 3.56. The Morgan fingerprint density at radius 3 is 3.09 bits per heavy atom. The zero-order valence-electron chi connectivity index (χ0n) is 13.4. The smallest absolute Gasteiger partial charge is 0.227 e. The number of thiazole rings is 1. The van der Waals surface area contributed by atoms with Crippen molar-refractivity contribution in [3.05, 3.63) is 29.6 Å². The second-order valence-corrected chi connectivity index (χ2v) is 6.60. The van der Waals surface area contributed by atoms with Gasteiger partial charge in [-0.05, 0) is 25.5 Å². The molecule has 1 amide bonds. The van der Waals surface area contributed by atoms with Gasteiger partial charge in [-0.25, -0.2) is 4.98 Å². The van der Waals surface area contributed by atoms with Crippen LogP contribution in [0.2, 0.25) is 0 Å². The van der Waals surface area contributed by atoms with E-state index in [4.69, 9.17) is 4.74 Å². The highest BCUT2D eigenvalue weighted by Crippen LogP contribution is 2.29. The van der Waals surface area contributed by atoms with Crippen molar-refractivity contribution in [3.63, 3.8) is 0 Å². The minimum absolute atomic E-state index is 0.205. The van der Waals surface area contributed by atoms with Crippen LogP contribution in [-0.4, -0.2) is 37.2 Å². The highest BCUT2D eigenvalue weighted by Gasteiger charge is 2.22. The van der Waals surface area contributed by atoms with Crippen LogP contribution >= 0.6 is 11.3 Å². The van der Waals surface area contributed by atoms with Gasteiger partial charge in [0.1, 0.15) is 0 Å². The van der Waals surface area contributed by atoms with Crippen LogP contribution in [0.1, 0.15) is 19.8 Å². The van der Waals surface area contributed by atoms with Gasteiger partial charge in [0, 0.05) is 42.7 Å². The third-order valence-electron chi connectivity index (χ3n) is 3.82. The van der Waals surface area contributed by atoms with E-state index < -0.39 is 0 Å². The number of methoxy groups -OCH3 is 1. The maximum atomic E-state index is 11.9. The Kier molecular flexibility index (Phi) is 4.93. The summed E-state index contributed by atoms with van der Waals surface area (Å²) in [5.41, 5.74) is 2.92. The molecule has 0 saturated carbocycles. The van der Waals surface area contributed by atoms with E-state index in [1.165, 1.54) is 0 Å². The van der Waals surface area contributed by atoms with Crippen molar-refractivity contribution >= 4 is 28.1 Å². The van der Waals surface area contributed by atoms with E-state index in [1.54, 1.807) is 18.4 Å². The summed E-state index contributed by atoms with van der Waals surface area (Å²) in [4.78, 5) is 18.4. The molecule has 1 aromatic heterocycles. The molecule has 1 fully saturated rings. The number of rotatable bonds is 6. The standard InChI is InChI=1S/C17H21N3O2S/c1-12(10-22-2)18-17-19-15(11-23-17)13-5-3-6-14(9-13)20-8-4-7-16(20)21/h3,5-6,9,11-12H,4,7-8,10H2,1-2H3,(H,18,19)/t12-/m1/s1. The van der Waals surface area contributed by atoms with Gasteiger partial charge in [-0.1, -0.05) is 12.1 Å². The normalized spacial score (nSPS) is 15.9. The predicted octanol–water partition coefficient (Wildman–Crippen LogP) is 3.38. The van der Waals surface area contributed by atoms with Crippen LogP contribution in [0.15, 0.2) is 29.6 Å². The van der Waals surface area contributed by atoms with Crippen LogP contribution < -0.4 is 10.2 Å². The number of carbonyl (C=O) groups excluding carboxylic acids is 1. The van der Waals surface area contributed by atoms with Gasteiger partial charge in [0.05, 0.1) is 12.3 Å². The average Bonchev–Trinajstić information content (AvgIpc) is 3.17. The third-order valence-corrected chi connectivity index (χ3v) is 4.59. The summed E-state index contributed by atoms with van der Waals surface area (Å²) >= 11 is 1.58. The van der Waals surface area contributed by atoms with Crippen LogP contribution in [-0.2, 0) is 9.53 Å². The quantitative estimate of drug-likeness (QED) is 0.881. The molecule has 0 unspecified atom stereocenters. The van der Waals surface area contributed by atoms with E-state index in [2.05, 4.69) is 17.2 Å². The summed E-state index contributed by atoms with van der Waals surface area (Å²) in [5.74, 6) is 0.205. The summed E-state index contributed by atoms with van der Waals surface area (Å²) in [6.45, 7) is 3.51. The molecule has 1 aliphatic heterocycles. The second kappa shape index (κ2) is 7.10. The van der Waals surface area contributed by atoms with E-state index in [0.29, 0.717) is 13.0 Å². The molecule has 5 nitrogen and oxygen atoms in total. The summed E-state index contributed by atoms with van der Waals surface area (Å²) in [5, 5.41) is 6.24. The zero-order valence-corrected chi connectivity index (χ0v) is 14.2. The SMILES string of the molecule is COC[C@@H](C)Nc1nc(-c2cccc(N3CCCC3=O)c2)cs1. The first kappa shape index (κ1) is 16.0. The molecule has 1 atom stereocenters. The van der Waals surface area contributed by atoms with Gasteiger partial charge in [0.25, 0.3) is 0 Å². The number of nitrogens with one attached hydrogen (secondary N) is 1. The van der Waals surface area contributed by atoms with Crippen molar-refractivity contribution in [3.8, 4) is 11.3 Å². The molecule has 1 saturated heterocycles. The second-order valence-electron chi connectivity index (χ2n) is 5.74. The van der Waals surface area contributed by atoms with Crippen molar-refractivity contribution < 1.29 is 9.53 Å². The van der Waals surface area contributed by atoms with E-state index in [9.17, 15) is 4.79 Å². The molecule has 122 valence electrons. The Morgan fingerprint density at radius 1 is 1.48 bits per heavy atom. The van der Waals surface area contributed by atoms with E-state index >= 15 is 0 Å². The van der Waals surface area contributed by atoms with Gasteiger partial charge >= 0.3 is 0 Å². The minimum Gasteiger partial charge on any atom is -0.383 e. The largest absolute Gasteiger partial charge is 0.383 e. The van der Waals surface area contributed by atoms with Crippen LogP contribution in [0, 0.1) is 0 Å². The minimum atomic E-state index is 0.205. The highest BCUT2D eigenvalue weighted by atomic mass is 32.1. The van der Waals surface area contributed by atoms with Gasteiger partial charge in [0.15, 0.2) is 5.13 Å². The molecule has 1 aliphatic rings. The fraction of sp³-hybridized carbons (Fsp3) is 0.412. The van der Waals surface area contributed by atoms with Gasteiger partial charge < -0.3 is 15.0 Å². The molecular weight excluding hydrogens is 310 g/mol. The number of aromatic nitrogens is 1. The molecule has 1 N–H and O–H groups in total. The number of carbonyl (C=O) groups is 1. The lowest BCUT2D eigenvalue weighted by atomic mass is 10.1. The fourth-order valence-electron chi connectivity index (χ4n) is 2.73. The Bertz CT molecular complexity index is 686. The first-order valence-electron chi connectivity index (χ1n) is 7.79. The number of amides is 1. The Morgan fingerprint density at radius 2 is 2.35 bits per heavy atom. The zero-order chi connectivity index (χ0) is 16.2. The number of nitrogens with zero attached hydrogens (tertiary/aromatic N) is 2. The molecule has 2 heterocycles. The number of hydrogen-bond donors (Lipinski definition) is 1. The predicted molar refractivity (Wildman–Crippen MR) is 94.1 cm³/mol. The van der Waals surface area contributed by atoms with Gasteiger partial charge in [-0.2, -0.15) is 0 Å². The Hall–Kier alpha value is -1.92. The molecule has 23 heavy (non-hydrogen) atoms. The van der Waals surface area contributed by atoms with Crippen molar-refractivity contribution in [1.82, 2.24) is 4.98 Å². The maximum absolute atomic E-state index is 11.9. The van der Waals surface area contributed by atoms with Crippen LogP contribution in [0.4, 0.5) is 10.8 Å². The maximum Gasteiger partial charge on any atom is 0.227 e. The molecule has 2 aromatic rings. The highest BCUT2D eigenvalue weighted by molar-refractivity contribution is 7.14. The summed E-state index contributed by atoms with van der Waals surface area (Å²) < 4.78 is 5.13. The number of anilines is 2. The van der Waals surface area contributed by atoms with Crippen molar-refractivity contribution in [1.29, 1.82) is 0 Å². The Labute approximate surface area is 140 Å². The third kappa shape index (κ3) is 3.71. The van der Waals surface area contributed by atoms with E-state index in [-0.39, 0.29) is 11.9 Å². The average molecular weight is 331 g/mol. The van der Waals surface area contributed by atoms with E-state index in [1.807, 2.05) is 34.5 Å². The molecule has 0 bridgehead atoms. The monoisotopic (exact) mass is 331 g/mol. The molecule has 1 aromatic carbocycles. The lowest BCUT2D eigenvalue weighted by molar-refractivity contribution is -0.117. The Balaban J connectivity index is 1.77. The molecule has 0 radical (unpaired) electrons. The first-order valence-corrected chi connectivity index (χ1v) is 8.67. The van der Waals surface area contributed by atoms with Crippen LogP contribution in [0.3, 0.4) is 0 Å². The van der Waals surface area contributed by atoms with Crippen LogP contribution in [0.5, 0.6) is 0 Å². The number of hydrogen-bond acceptors (Lipinski definition) is 5. The molecule has 0 spiro atoms. The summed E-state index contributed by atoms with van der Waals surface area (Å²) in [7, 11) is 1.69. The van der Waals surface area contributed by atoms with Crippen LogP contribution in [0.25, 0.3) is 11.3 Å². The van der Waals surface area contributed by atoms with Crippen molar-refractivity contribution in [2.45, 2.75) is 25.8 Å².